The molecule has 0 heterocycles. The Labute approximate surface area is 116 Å². The maximum atomic E-state index is 10.2. The number of aliphatic hydroxyl groups is 1. The third-order valence-electron chi connectivity index (χ3n) is 2.78. The van der Waals surface area contributed by atoms with Crippen molar-refractivity contribution in [2.75, 3.05) is 6.61 Å². The summed E-state index contributed by atoms with van der Waals surface area (Å²) in [5.41, 5.74) is 0.331. The highest BCUT2D eigenvalue weighted by Gasteiger charge is 1.96. The molecule has 1 aromatic carbocycles. The van der Waals surface area contributed by atoms with Gasteiger partial charge in [-0.2, -0.15) is 0 Å². The van der Waals surface area contributed by atoms with Gasteiger partial charge >= 0.3 is 5.97 Å². The first-order valence-corrected chi connectivity index (χ1v) is 7.11. The van der Waals surface area contributed by atoms with Crippen LogP contribution in [0.3, 0.4) is 0 Å². The molecule has 3 heteroatoms. The number of hydrogen-bond acceptors (Lipinski definition) is 2. The Balaban J connectivity index is 0.000000342. The molecule has 0 aromatic heterocycles. The number of unbranched alkanes of at least 4 members (excludes halogenated alkanes) is 6. The number of carbonyl (C=O) groups is 1. The van der Waals surface area contributed by atoms with Crippen LogP contribution < -0.4 is 0 Å². The van der Waals surface area contributed by atoms with Crippen molar-refractivity contribution >= 4 is 5.97 Å². The van der Waals surface area contributed by atoms with Crippen LogP contribution in [0, 0.1) is 0 Å². The lowest BCUT2D eigenvalue weighted by Crippen LogP contribution is -1.93. The predicted octanol–water partition coefficient (Wildman–Crippen LogP) is 4.11. The summed E-state index contributed by atoms with van der Waals surface area (Å²) in [4.78, 5) is 10.2. The van der Waals surface area contributed by atoms with E-state index in [0.29, 0.717) is 12.2 Å². The average Bonchev–Trinajstić information content (AvgIpc) is 2.44. The highest BCUT2D eigenvalue weighted by atomic mass is 16.4. The second kappa shape index (κ2) is 13.1. The van der Waals surface area contributed by atoms with Crippen molar-refractivity contribution in [3.05, 3.63) is 35.9 Å². The minimum absolute atomic E-state index is 0.331. The molecule has 1 rings (SSSR count). The Morgan fingerprint density at radius 2 is 1.47 bits per heavy atom. The number of rotatable bonds is 8. The Kier molecular flexibility index (Phi) is 12.2. The van der Waals surface area contributed by atoms with Crippen molar-refractivity contribution in [3.8, 4) is 0 Å². The summed E-state index contributed by atoms with van der Waals surface area (Å²) in [5.74, 6) is -0.879. The molecule has 0 radical (unpaired) electrons. The minimum Gasteiger partial charge on any atom is -0.478 e. The summed E-state index contributed by atoms with van der Waals surface area (Å²) in [5, 5.41) is 16.9. The number of hydrogen-bond donors (Lipinski definition) is 2. The Bertz CT molecular complexity index is 301. The van der Waals surface area contributed by atoms with E-state index < -0.39 is 5.97 Å². The molecule has 0 aliphatic carbocycles. The van der Waals surface area contributed by atoms with Crippen LogP contribution in [0.2, 0.25) is 0 Å². The van der Waals surface area contributed by atoms with Gasteiger partial charge in [0.2, 0.25) is 0 Å². The molecule has 0 saturated heterocycles. The molecule has 0 saturated carbocycles. The number of aromatic carboxylic acids is 1. The second-order valence-electron chi connectivity index (χ2n) is 4.52. The Hall–Kier alpha value is -1.35. The Morgan fingerprint density at radius 3 is 1.89 bits per heavy atom. The van der Waals surface area contributed by atoms with Gasteiger partial charge in [0.25, 0.3) is 0 Å². The van der Waals surface area contributed by atoms with E-state index in [4.69, 9.17) is 10.2 Å². The van der Waals surface area contributed by atoms with Crippen molar-refractivity contribution in [2.24, 2.45) is 0 Å². The summed E-state index contributed by atoms with van der Waals surface area (Å²) < 4.78 is 0. The highest BCUT2D eigenvalue weighted by molar-refractivity contribution is 5.87. The van der Waals surface area contributed by atoms with Crippen LogP contribution in [0.1, 0.15) is 62.2 Å². The van der Waals surface area contributed by atoms with Crippen LogP contribution in [0.5, 0.6) is 0 Å². The van der Waals surface area contributed by atoms with Crippen molar-refractivity contribution in [2.45, 2.75) is 51.9 Å². The van der Waals surface area contributed by atoms with Crippen LogP contribution in [-0.2, 0) is 0 Å². The molecule has 0 amide bonds. The molecule has 19 heavy (non-hydrogen) atoms. The number of aliphatic hydroxyl groups excluding tert-OH is 1. The van der Waals surface area contributed by atoms with Gasteiger partial charge in [0.15, 0.2) is 0 Å². The lowest BCUT2D eigenvalue weighted by molar-refractivity contribution is 0.0697. The van der Waals surface area contributed by atoms with E-state index in [-0.39, 0.29) is 0 Å². The third-order valence-corrected chi connectivity index (χ3v) is 2.78. The smallest absolute Gasteiger partial charge is 0.335 e. The fourth-order valence-corrected chi connectivity index (χ4v) is 1.65. The van der Waals surface area contributed by atoms with Crippen molar-refractivity contribution in [3.63, 3.8) is 0 Å². The van der Waals surface area contributed by atoms with E-state index in [1.807, 2.05) is 0 Å². The molecule has 0 fully saturated rings. The maximum Gasteiger partial charge on any atom is 0.335 e. The summed E-state index contributed by atoms with van der Waals surface area (Å²) in [6.07, 6.45) is 8.93. The second-order valence-corrected chi connectivity index (χ2v) is 4.52. The molecule has 0 atom stereocenters. The van der Waals surface area contributed by atoms with Gasteiger partial charge in [0.1, 0.15) is 0 Å². The van der Waals surface area contributed by atoms with E-state index in [1.54, 1.807) is 30.3 Å². The summed E-state index contributed by atoms with van der Waals surface area (Å²) >= 11 is 0. The summed E-state index contributed by atoms with van der Waals surface area (Å²) in [7, 11) is 0. The fraction of sp³-hybridized carbons (Fsp3) is 0.562. The summed E-state index contributed by atoms with van der Waals surface area (Å²) in [6.45, 7) is 2.60. The molecule has 0 unspecified atom stereocenters. The molecule has 1 aromatic rings. The van der Waals surface area contributed by atoms with Gasteiger partial charge in [-0.1, -0.05) is 63.6 Å². The van der Waals surface area contributed by atoms with Crippen molar-refractivity contribution in [1.29, 1.82) is 0 Å². The minimum atomic E-state index is -0.879. The van der Waals surface area contributed by atoms with E-state index >= 15 is 0 Å². The molecule has 108 valence electrons. The van der Waals surface area contributed by atoms with E-state index in [2.05, 4.69) is 6.92 Å². The first kappa shape index (κ1) is 17.6. The summed E-state index contributed by atoms with van der Waals surface area (Å²) in [6, 6.07) is 8.30. The standard InChI is InChI=1S/C9H20O.C7H6O2/c1-2-3-4-5-6-7-8-9-10;8-7(9)6-4-2-1-3-5-6/h10H,2-9H2,1H3;1-5H,(H,8,9). The van der Waals surface area contributed by atoms with E-state index in [9.17, 15) is 4.79 Å². The first-order chi connectivity index (χ1) is 9.22. The van der Waals surface area contributed by atoms with Crippen LogP contribution >= 0.6 is 0 Å². The fourth-order valence-electron chi connectivity index (χ4n) is 1.65. The molecule has 0 aliphatic rings. The lowest BCUT2D eigenvalue weighted by atomic mass is 10.1. The van der Waals surface area contributed by atoms with Gasteiger partial charge in [-0.3, -0.25) is 0 Å². The van der Waals surface area contributed by atoms with Crippen LogP contribution in [0.4, 0.5) is 0 Å². The van der Waals surface area contributed by atoms with E-state index in [1.165, 1.54) is 38.5 Å². The largest absolute Gasteiger partial charge is 0.478 e. The average molecular weight is 266 g/mol. The topological polar surface area (TPSA) is 57.5 Å². The molecular formula is C16H26O3. The SMILES string of the molecule is CCCCCCCCCO.O=C(O)c1ccccc1. The maximum absolute atomic E-state index is 10.2. The van der Waals surface area contributed by atoms with Gasteiger partial charge in [0, 0.05) is 6.61 Å². The van der Waals surface area contributed by atoms with Crippen molar-refractivity contribution < 1.29 is 15.0 Å². The quantitative estimate of drug-likeness (QED) is 0.696. The van der Waals surface area contributed by atoms with Gasteiger partial charge in [-0.25, -0.2) is 4.79 Å². The number of carboxylic acid groups (broad SMARTS) is 1. The van der Waals surface area contributed by atoms with Crippen molar-refractivity contribution in [1.82, 2.24) is 0 Å². The molecule has 2 N–H and O–H groups in total. The zero-order chi connectivity index (χ0) is 14.3. The molecule has 0 aliphatic heterocycles. The number of benzene rings is 1. The molecule has 0 bridgehead atoms. The highest BCUT2D eigenvalue weighted by Crippen LogP contribution is 2.05. The lowest BCUT2D eigenvalue weighted by Gasteiger charge is -1.97. The first-order valence-electron chi connectivity index (χ1n) is 7.11. The van der Waals surface area contributed by atoms with Crippen LogP contribution in [0.15, 0.2) is 30.3 Å². The zero-order valence-electron chi connectivity index (χ0n) is 11.8. The molecule has 3 nitrogen and oxygen atoms in total. The third kappa shape index (κ3) is 11.5. The molecular weight excluding hydrogens is 240 g/mol. The zero-order valence-corrected chi connectivity index (χ0v) is 11.8. The normalized spacial score (nSPS) is 9.58. The van der Waals surface area contributed by atoms with Gasteiger partial charge in [0.05, 0.1) is 5.56 Å². The Morgan fingerprint density at radius 1 is 0.947 bits per heavy atom. The van der Waals surface area contributed by atoms with Crippen LogP contribution in [0.25, 0.3) is 0 Å². The number of carboxylic acids is 1. The van der Waals surface area contributed by atoms with Gasteiger partial charge in [-0.15, -0.1) is 0 Å². The van der Waals surface area contributed by atoms with Gasteiger partial charge in [-0.05, 0) is 18.6 Å². The van der Waals surface area contributed by atoms with E-state index in [0.717, 1.165) is 6.42 Å². The van der Waals surface area contributed by atoms with Gasteiger partial charge < -0.3 is 10.2 Å². The van der Waals surface area contributed by atoms with Crippen LogP contribution in [-0.4, -0.2) is 22.8 Å². The molecule has 0 spiro atoms. The monoisotopic (exact) mass is 266 g/mol. The predicted molar refractivity (Wildman–Crippen MR) is 78.5 cm³/mol.